The summed E-state index contributed by atoms with van der Waals surface area (Å²) in [5, 5.41) is 7.18. The van der Waals surface area contributed by atoms with E-state index in [1.165, 1.54) is 34.1 Å². The van der Waals surface area contributed by atoms with Crippen LogP contribution in [0, 0.1) is 0 Å². The third-order valence-electron chi connectivity index (χ3n) is 3.87. The summed E-state index contributed by atoms with van der Waals surface area (Å²) < 4.78 is 39.8. The molecule has 0 saturated heterocycles. The fourth-order valence-electron chi connectivity index (χ4n) is 2.60. The van der Waals surface area contributed by atoms with E-state index >= 15 is 0 Å². The molecule has 4 aromatic rings. The van der Waals surface area contributed by atoms with Gasteiger partial charge >= 0.3 is 6.18 Å². The fourth-order valence-corrected chi connectivity index (χ4v) is 4.01. The molecule has 0 saturated carbocycles. The van der Waals surface area contributed by atoms with Gasteiger partial charge in [0.15, 0.2) is 16.6 Å². The van der Waals surface area contributed by atoms with Crippen molar-refractivity contribution in [3.63, 3.8) is 0 Å². The number of rotatable bonds is 5. The number of hydrogen-bond acceptors (Lipinski definition) is 6. The normalized spacial score (nSPS) is 11.7. The molecule has 7 nitrogen and oxygen atoms in total. The third kappa shape index (κ3) is 4.39. The number of thioether (sulfide) groups is 1. The van der Waals surface area contributed by atoms with E-state index in [1.807, 2.05) is 17.5 Å². The van der Waals surface area contributed by atoms with Crippen LogP contribution in [0.25, 0.3) is 16.3 Å². The van der Waals surface area contributed by atoms with E-state index in [9.17, 15) is 22.8 Å². The van der Waals surface area contributed by atoms with Crippen molar-refractivity contribution >= 4 is 40.3 Å². The summed E-state index contributed by atoms with van der Waals surface area (Å²) in [7, 11) is 0. The Bertz CT molecular complexity index is 1270. The number of fused-ring (bicyclic) bond motifs is 1. The number of anilines is 1. The molecule has 0 aliphatic heterocycles. The van der Waals surface area contributed by atoms with Gasteiger partial charge in [0.05, 0.1) is 16.2 Å². The second-order valence-electron chi connectivity index (χ2n) is 6.04. The molecule has 0 fully saturated rings. The molecule has 12 heteroatoms. The fraction of sp³-hybridized carbons (Fsp3) is 0.111. The first-order valence-corrected chi connectivity index (χ1v) is 10.3. The number of thiophene rings is 1. The highest BCUT2D eigenvalue weighted by atomic mass is 32.2. The van der Waals surface area contributed by atoms with Crippen LogP contribution in [-0.4, -0.2) is 31.2 Å². The van der Waals surface area contributed by atoms with Gasteiger partial charge in [-0.1, -0.05) is 23.9 Å². The average molecular weight is 451 g/mol. The number of nitrogens with one attached hydrogen (secondary N) is 2. The van der Waals surface area contributed by atoms with Gasteiger partial charge in [-0.25, -0.2) is 14.5 Å². The molecule has 0 spiro atoms. The summed E-state index contributed by atoms with van der Waals surface area (Å²) in [5.41, 5.74) is -0.838. The summed E-state index contributed by atoms with van der Waals surface area (Å²) in [5.74, 6) is -0.241. The Morgan fingerprint density at radius 3 is 2.77 bits per heavy atom. The monoisotopic (exact) mass is 451 g/mol. The Morgan fingerprint density at radius 2 is 2.03 bits per heavy atom. The molecule has 30 heavy (non-hydrogen) atoms. The van der Waals surface area contributed by atoms with Gasteiger partial charge in [-0.3, -0.25) is 14.7 Å². The molecule has 0 aliphatic carbocycles. The molecule has 2 N–H and O–H groups in total. The van der Waals surface area contributed by atoms with Crippen LogP contribution in [0.1, 0.15) is 5.56 Å². The number of carbonyl (C=O) groups is 1. The second-order valence-corrected chi connectivity index (χ2v) is 7.93. The van der Waals surface area contributed by atoms with Crippen molar-refractivity contribution < 1.29 is 18.0 Å². The standard InChI is InChI=1S/C18H12F3N5O2S2/c19-18(20,21)10-3-1-4-11(7-10)22-15(28)9-30-17-24-16(12-5-2-6-29-12)23-13-8-14(27)25-26(13)17/h1-8H,9H2,(H,22,28)(H,25,27). The third-order valence-corrected chi connectivity index (χ3v) is 5.68. The van der Waals surface area contributed by atoms with Crippen LogP contribution >= 0.6 is 23.1 Å². The number of alkyl halides is 3. The molecule has 1 amide bonds. The summed E-state index contributed by atoms with van der Waals surface area (Å²) in [6.07, 6.45) is -4.50. The number of aromatic amines is 1. The zero-order valence-electron chi connectivity index (χ0n) is 14.9. The highest BCUT2D eigenvalue weighted by molar-refractivity contribution is 7.99. The summed E-state index contributed by atoms with van der Waals surface area (Å²) in [6, 6.07) is 9.37. The van der Waals surface area contributed by atoms with E-state index in [1.54, 1.807) is 0 Å². The zero-order valence-corrected chi connectivity index (χ0v) is 16.6. The van der Waals surface area contributed by atoms with Crippen molar-refractivity contribution in [3.05, 3.63) is 63.8 Å². The van der Waals surface area contributed by atoms with E-state index in [0.29, 0.717) is 16.6 Å². The second kappa shape index (κ2) is 7.95. The molecule has 0 atom stereocenters. The lowest BCUT2D eigenvalue weighted by molar-refractivity contribution is -0.137. The molecule has 154 valence electrons. The predicted octanol–water partition coefficient (Wildman–Crippen LogP) is 3.90. The SMILES string of the molecule is O=C(CSc1nc(-c2cccs2)nc2cc(=O)[nH]n12)Nc1cccc(C(F)(F)F)c1. The van der Waals surface area contributed by atoms with Gasteiger partial charge in [-0.2, -0.15) is 13.2 Å². The first kappa shape index (κ1) is 20.2. The first-order valence-electron chi connectivity index (χ1n) is 8.43. The van der Waals surface area contributed by atoms with Gasteiger partial charge in [0.1, 0.15) is 0 Å². The first-order chi connectivity index (χ1) is 14.3. The Labute approximate surface area is 175 Å². The number of benzene rings is 1. The zero-order chi connectivity index (χ0) is 21.3. The lowest BCUT2D eigenvalue weighted by Crippen LogP contribution is -2.16. The number of H-pyrrole nitrogens is 1. The maximum atomic E-state index is 12.8. The molecule has 3 heterocycles. The van der Waals surface area contributed by atoms with Gasteiger partial charge < -0.3 is 5.32 Å². The van der Waals surface area contributed by atoms with E-state index in [4.69, 9.17) is 0 Å². The van der Waals surface area contributed by atoms with Crippen molar-refractivity contribution in [1.29, 1.82) is 0 Å². The van der Waals surface area contributed by atoms with E-state index in [2.05, 4.69) is 20.4 Å². The Morgan fingerprint density at radius 1 is 1.20 bits per heavy atom. The van der Waals surface area contributed by atoms with Crippen LogP contribution in [0.5, 0.6) is 0 Å². The number of halogens is 3. The predicted molar refractivity (Wildman–Crippen MR) is 108 cm³/mol. The molecule has 0 unspecified atom stereocenters. The van der Waals surface area contributed by atoms with Crippen LogP contribution in [0.4, 0.5) is 18.9 Å². The summed E-state index contributed by atoms with van der Waals surface area (Å²) in [6.45, 7) is 0. The van der Waals surface area contributed by atoms with Gasteiger partial charge in [-0.15, -0.1) is 11.3 Å². The highest BCUT2D eigenvalue weighted by Crippen LogP contribution is 2.31. The number of hydrogen-bond donors (Lipinski definition) is 2. The minimum Gasteiger partial charge on any atom is -0.325 e. The maximum absolute atomic E-state index is 12.8. The topological polar surface area (TPSA) is 92.2 Å². The molecule has 0 radical (unpaired) electrons. The number of carbonyl (C=O) groups excluding carboxylic acids is 1. The van der Waals surface area contributed by atoms with Crippen molar-refractivity contribution in [1.82, 2.24) is 19.6 Å². The smallest absolute Gasteiger partial charge is 0.325 e. The maximum Gasteiger partial charge on any atom is 0.416 e. The molecule has 0 bridgehead atoms. The van der Waals surface area contributed by atoms with E-state index in [0.717, 1.165) is 28.8 Å². The lowest BCUT2D eigenvalue weighted by Gasteiger charge is -2.10. The Kier molecular flexibility index (Phi) is 5.35. The van der Waals surface area contributed by atoms with Gasteiger partial charge in [0.25, 0.3) is 5.56 Å². The highest BCUT2D eigenvalue weighted by Gasteiger charge is 2.30. The largest absolute Gasteiger partial charge is 0.416 e. The van der Waals surface area contributed by atoms with E-state index in [-0.39, 0.29) is 17.0 Å². The summed E-state index contributed by atoms with van der Waals surface area (Å²) in [4.78, 5) is 33.5. The number of amides is 1. The van der Waals surface area contributed by atoms with Crippen LogP contribution in [0.2, 0.25) is 0 Å². The van der Waals surface area contributed by atoms with Crippen molar-refractivity contribution in [2.75, 3.05) is 11.1 Å². The number of nitrogens with zero attached hydrogens (tertiary/aromatic N) is 3. The van der Waals surface area contributed by atoms with Crippen LogP contribution in [0.3, 0.4) is 0 Å². The van der Waals surface area contributed by atoms with Gasteiger partial charge in [0.2, 0.25) is 5.91 Å². The number of aromatic nitrogens is 4. The molecular weight excluding hydrogens is 439 g/mol. The molecule has 3 aromatic heterocycles. The van der Waals surface area contributed by atoms with Crippen LogP contribution in [-0.2, 0) is 11.0 Å². The molecule has 0 aliphatic rings. The quantitative estimate of drug-likeness (QED) is 0.449. The minimum absolute atomic E-state index is 0.0388. The Hall–Kier alpha value is -3.12. The molecule has 4 rings (SSSR count). The average Bonchev–Trinajstić information content (AvgIpc) is 3.34. The van der Waals surface area contributed by atoms with Crippen molar-refractivity contribution in [3.8, 4) is 10.7 Å². The van der Waals surface area contributed by atoms with Gasteiger partial charge in [-0.05, 0) is 29.6 Å². The van der Waals surface area contributed by atoms with Gasteiger partial charge in [0, 0.05) is 11.8 Å². The van der Waals surface area contributed by atoms with E-state index < -0.39 is 17.6 Å². The summed E-state index contributed by atoms with van der Waals surface area (Å²) >= 11 is 2.45. The Balaban J connectivity index is 1.53. The van der Waals surface area contributed by atoms with Crippen LogP contribution < -0.4 is 10.9 Å². The lowest BCUT2D eigenvalue weighted by atomic mass is 10.2. The molecular formula is C18H12F3N5O2S2. The molecule has 1 aromatic carbocycles. The van der Waals surface area contributed by atoms with Crippen molar-refractivity contribution in [2.24, 2.45) is 0 Å². The van der Waals surface area contributed by atoms with Crippen molar-refractivity contribution in [2.45, 2.75) is 11.3 Å². The van der Waals surface area contributed by atoms with Crippen LogP contribution in [0.15, 0.2) is 57.8 Å². The minimum atomic E-state index is -4.50.